The number of carbonyl (C=O) groups is 4. The van der Waals surface area contributed by atoms with Crippen LogP contribution in [0, 0.1) is 0 Å². The molecule has 9 heteroatoms. The molecule has 0 unspecified atom stereocenters. The molecule has 0 fully saturated rings. The summed E-state index contributed by atoms with van der Waals surface area (Å²) in [5.74, 6) is 0. The van der Waals surface area contributed by atoms with Crippen LogP contribution in [0.25, 0.3) is 0 Å². The van der Waals surface area contributed by atoms with Crippen LogP contribution in [0.15, 0.2) is 0 Å². The molecule has 0 radical (unpaired) electrons. The Labute approximate surface area is 127 Å². The Bertz CT molecular complexity index is 502. The van der Waals surface area contributed by atoms with E-state index in [-0.39, 0.29) is 0 Å². The van der Waals surface area contributed by atoms with Gasteiger partial charge in [0.05, 0.1) is 6.61 Å². The SMILES string of the molecule is [2H]C(=O)CO[C@H](CO)[C@@](O)(CC([2H])=O)[C@](O)(CC([2H])=O)C(=O)Br. The summed E-state index contributed by atoms with van der Waals surface area (Å²) in [6, 6.07) is 0. The highest BCUT2D eigenvalue weighted by Gasteiger charge is 2.58. The molecule has 0 aliphatic heterocycles. The Balaban J connectivity index is 5.99. The Morgan fingerprint density at radius 2 is 1.80 bits per heavy atom. The van der Waals surface area contributed by atoms with E-state index in [1.165, 1.54) is 0 Å². The average molecular weight is 358 g/mol. The van der Waals surface area contributed by atoms with Crippen LogP contribution >= 0.6 is 15.9 Å². The number of hydrogen-bond donors (Lipinski definition) is 3. The standard InChI is InChI=1S/C11H15BrO8/c12-9(17)11(19,2-4-14)10(18,1-3-13)8(7-16)20-6-5-15/h3-5,8,16,18-19H,1-2,6-7H2/t8-,10+,11+/m1/s1/i3D,4D,5D. The predicted molar refractivity (Wildman–Crippen MR) is 68.1 cm³/mol. The summed E-state index contributed by atoms with van der Waals surface area (Å²) in [6.45, 7) is -2.08. The van der Waals surface area contributed by atoms with Crippen LogP contribution in [0.3, 0.4) is 0 Å². The van der Waals surface area contributed by atoms with Crippen molar-refractivity contribution in [2.45, 2.75) is 30.1 Å². The number of aliphatic hydroxyl groups is 3. The predicted octanol–water partition coefficient (Wildman–Crippen LogP) is -1.88. The third kappa shape index (κ3) is 3.76. The molecule has 0 rings (SSSR count). The average Bonchev–Trinajstić information content (AvgIpc) is 2.36. The maximum Gasteiger partial charge on any atom is 0.232 e. The summed E-state index contributed by atoms with van der Waals surface area (Å²) in [5, 5.41) is 30.2. The van der Waals surface area contributed by atoms with Crippen molar-refractivity contribution >= 4 is 39.4 Å². The lowest BCUT2D eigenvalue weighted by Gasteiger charge is -2.43. The zero-order valence-electron chi connectivity index (χ0n) is 13.2. The molecule has 8 nitrogen and oxygen atoms in total. The second-order valence-corrected chi connectivity index (χ2v) is 4.55. The van der Waals surface area contributed by atoms with Crippen molar-refractivity contribution < 1.29 is 43.3 Å². The van der Waals surface area contributed by atoms with Crippen molar-refractivity contribution in [3.8, 4) is 0 Å². The summed E-state index contributed by atoms with van der Waals surface area (Å²) < 4.78 is 23.8. The molecule has 114 valence electrons. The summed E-state index contributed by atoms with van der Waals surface area (Å²) in [5.41, 5.74) is -6.08. The van der Waals surface area contributed by atoms with Gasteiger partial charge in [0.25, 0.3) is 0 Å². The van der Waals surface area contributed by atoms with E-state index in [2.05, 4.69) is 15.9 Å². The Hall–Kier alpha value is -1.00. The zero-order valence-corrected chi connectivity index (χ0v) is 11.8. The molecule has 3 N–H and O–H groups in total. The summed E-state index contributed by atoms with van der Waals surface area (Å²) in [6.07, 6.45) is -8.70. The molecule has 3 atom stereocenters. The van der Waals surface area contributed by atoms with E-state index in [0.29, 0.717) is 0 Å². The zero-order chi connectivity index (χ0) is 18.4. The summed E-state index contributed by atoms with van der Waals surface area (Å²) >= 11 is 2.33. The van der Waals surface area contributed by atoms with Gasteiger partial charge in [-0.1, -0.05) is 0 Å². The number of ether oxygens (including phenoxy) is 1. The van der Waals surface area contributed by atoms with Gasteiger partial charge < -0.3 is 34.4 Å². The molecule has 0 bridgehead atoms. The number of aliphatic hydroxyl groups excluding tert-OH is 1. The maximum absolute atomic E-state index is 11.6. The van der Waals surface area contributed by atoms with Crippen LogP contribution in [0.4, 0.5) is 0 Å². The normalized spacial score (nSPS) is 20.5. The molecule has 0 aliphatic rings. The molecule has 0 aromatic carbocycles. The van der Waals surface area contributed by atoms with Crippen LogP contribution in [-0.4, -0.2) is 69.3 Å². The van der Waals surface area contributed by atoms with Gasteiger partial charge in [-0.3, -0.25) is 4.79 Å². The van der Waals surface area contributed by atoms with Crippen LogP contribution < -0.4 is 0 Å². The van der Waals surface area contributed by atoms with E-state index in [9.17, 15) is 34.5 Å². The van der Waals surface area contributed by atoms with Crippen molar-refractivity contribution in [2.75, 3.05) is 13.2 Å². The van der Waals surface area contributed by atoms with Gasteiger partial charge >= 0.3 is 0 Å². The van der Waals surface area contributed by atoms with Gasteiger partial charge in [-0.15, -0.1) is 0 Å². The Morgan fingerprint density at radius 1 is 1.25 bits per heavy atom. The first-order chi connectivity index (χ1) is 10.4. The first kappa shape index (κ1) is 14.0. The van der Waals surface area contributed by atoms with Crippen molar-refractivity contribution in [1.82, 2.24) is 0 Å². The molecule has 0 saturated carbocycles. The molecular weight excluding hydrogens is 340 g/mol. The third-order valence-electron chi connectivity index (χ3n) is 2.75. The topological polar surface area (TPSA) is 138 Å². The van der Waals surface area contributed by atoms with Crippen molar-refractivity contribution in [3.63, 3.8) is 0 Å². The lowest BCUT2D eigenvalue weighted by atomic mass is 9.75. The number of carbonyl (C=O) groups excluding carboxylic acids is 4. The van der Waals surface area contributed by atoms with E-state index in [4.69, 9.17) is 8.85 Å². The van der Waals surface area contributed by atoms with Gasteiger partial charge in [-0.25, -0.2) is 0 Å². The van der Waals surface area contributed by atoms with Gasteiger partial charge in [0, 0.05) is 12.8 Å². The van der Waals surface area contributed by atoms with Crippen LogP contribution in [-0.2, 0) is 23.9 Å². The minimum Gasteiger partial charge on any atom is -0.394 e. The lowest BCUT2D eigenvalue weighted by molar-refractivity contribution is -0.215. The molecule has 0 amide bonds. The first-order valence-corrected chi connectivity index (χ1v) is 6.05. The molecule has 0 spiro atoms. The minimum atomic E-state index is -3.08. The van der Waals surface area contributed by atoms with E-state index >= 15 is 0 Å². The van der Waals surface area contributed by atoms with E-state index in [0.717, 1.165) is 0 Å². The fourth-order valence-electron chi connectivity index (χ4n) is 1.61. The highest BCUT2D eigenvalue weighted by Crippen LogP contribution is 2.35. The largest absolute Gasteiger partial charge is 0.394 e. The highest BCUT2D eigenvalue weighted by molar-refractivity contribution is 9.18. The van der Waals surface area contributed by atoms with E-state index in [1.807, 2.05) is 0 Å². The molecule has 20 heavy (non-hydrogen) atoms. The fraction of sp³-hybridized carbons (Fsp3) is 0.636. The lowest BCUT2D eigenvalue weighted by Crippen LogP contribution is -2.66. The van der Waals surface area contributed by atoms with Gasteiger partial charge in [-0.2, -0.15) is 0 Å². The van der Waals surface area contributed by atoms with Gasteiger partial charge in [0.1, 0.15) is 41.2 Å². The van der Waals surface area contributed by atoms with Crippen LogP contribution in [0.2, 0.25) is 0 Å². The van der Waals surface area contributed by atoms with Crippen molar-refractivity contribution in [2.24, 2.45) is 0 Å². The Morgan fingerprint density at radius 3 is 2.15 bits per heavy atom. The monoisotopic (exact) mass is 357 g/mol. The van der Waals surface area contributed by atoms with Gasteiger partial charge in [0.15, 0.2) is 5.60 Å². The Kier molecular flexibility index (Phi) is 5.81. The molecular formula is C11H15BrO8. The maximum atomic E-state index is 11.6. The summed E-state index contributed by atoms with van der Waals surface area (Å²) in [7, 11) is 0. The quantitative estimate of drug-likeness (QED) is 0.288. The van der Waals surface area contributed by atoms with Crippen LogP contribution in [0.5, 0.6) is 0 Å². The van der Waals surface area contributed by atoms with E-state index in [1.54, 1.807) is 0 Å². The molecule has 0 aromatic heterocycles. The second-order valence-electron chi connectivity index (χ2n) is 3.83. The number of aldehydes is 3. The van der Waals surface area contributed by atoms with Gasteiger partial charge in [-0.05, 0) is 15.9 Å². The molecule has 0 heterocycles. The number of halogens is 1. The van der Waals surface area contributed by atoms with Crippen molar-refractivity contribution in [3.05, 3.63) is 0 Å². The second kappa shape index (κ2) is 8.32. The molecule has 0 aliphatic carbocycles. The number of rotatable bonds is 11. The van der Waals surface area contributed by atoms with Gasteiger partial charge in [0.2, 0.25) is 4.69 Å². The third-order valence-corrected chi connectivity index (χ3v) is 3.41. The smallest absolute Gasteiger partial charge is 0.232 e. The number of hydrogen-bond acceptors (Lipinski definition) is 8. The summed E-state index contributed by atoms with van der Waals surface area (Å²) in [4.78, 5) is 44.3. The van der Waals surface area contributed by atoms with Crippen molar-refractivity contribution in [1.29, 1.82) is 0 Å². The van der Waals surface area contributed by atoms with E-state index < -0.39 is 66.8 Å². The minimum absolute atomic E-state index is 0.957. The fourth-order valence-corrected chi connectivity index (χ4v) is 2.09. The highest BCUT2D eigenvalue weighted by atomic mass is 79.9. The van der Waals surface area contributed by atoms with Crippen LogP contribution in [0.1, 0.15) is 17.0 Å². The molecule has 0 aromatic rings. The molecule has 0 saturated heterocycles. The first-order valence-electron chi connectivity index (χ1n) is 6.76.